The van der Waals surface area contributed by atoms with E-state index in [9.17, 15) is 10.1 Å². The van der Waals surface area contributed by atoms with Crippen LogP contribution in [0, 0.1) is 10.1 Å². The highest BCUT2D eigenvalue weighted by Gasteiger charge is 2.31. The highest BCUT2D eigenvalue weighted by Crippen LogP contribution is 2.35. The molecule has 0 aromatic heterocycles. The Labute approximate surface area is 216 Å². The van der Waals surface area contributed by atoms with Gasteiger partial charge in [-0.3, -0.25) is 15.5 Å². The predicted octanol–water partition coefficient (Wildman–Crippen LogP) is 7.43. The molecule has 0 amide bonds. The van der Waals surface area contributed by atoms with E-state index in [2.05, 4.69) is 20.8 Å². The number of nitrogens with one attached hydrogen (secondary N) is 1. The highest BCUT2D eigenvalue weighted by molar-refractivity contribution is 6.31. The van der Waals surface area contributed by atoms with Gasteiger partial charge in [0.25, 0.3) is 5.69 Å². The zero-order chi connectivity index (χ0) is 25.1. The first-order valence-corrected chi connectivity index (χ1v) is 11.5. The van der Waals surface area contributed by atoms with Crippen LogP contribution in [0.2, 0.25) is 10.0 Å². The molecule has 0 fully saturated rings. The molecule has 4 aromatic rings. The number of anilines is 2. The SMILES string of the molecule is O=[N+]([O-])c1cc(Cl)ccc1N1NC(c2ccc(Cl)cc2)=NN1c1ccc(N=Nc2ccccc2)cc1. The lowest BCUT2D eigenvalue weighted by atomic mass is 10.2. The van der Waals surface area contributed by atoms with E-state index < -0.39 is 4.92 Å². The van der Waals surface area contributed by atoms with Crippen molar-refractivity contribution in [2.75, 3.05) is 10.2 Å². The van der Waals surface area contributed by atoms with Gasteiger partial charge < -0.3 is 0 Å². The molecule has 9 nitrogen and oxygen atoms in total. The van der Waals surface area contributed by atoms with Gasteiger partial charge in [0.15, 0.2) is 11.5 Å². The number of amidine groups is 1. The number of hydrogen-bond acceptors (Lipinski definition) is 8. The standard InChI is InChI=1S/C25H17Cl2N7O2/c26-18-8-6-17(7-9-18)25-30-32(33(31-25)23-15-10-19(27)16-24(23)34(35)36)22-13-11-21(12-14-22)29-28-20-4-2-1-3-5-20/h1-16H,(H,30,31). The van der Waals surface area contributed by atoms with Gasteiger partial charge in [0, 0.05) is 21.7 Å². The molecule has 1 N–H and O–H groups in total. The monoisotopic (exact) mass is 517 g/mol. The quantitative estimate of drug-likeness (QED) is 0.163. The summed E-state index contributed by atoms with van der Waals surface area (Å²) in [5.41, 5.74) is 5.98. The second-order valence-electron chi connectivity index (χ2n) is 7.61. The number of nitro groups is 1. The van der Waals surface area contributed by atoms with E-state index in [1.807, 2.05) is 30.3 Å². The van der Waals surface area contributed by atoms with Crippen LogP contribution in [0.5, 0.6) is 0 Å². The first kappa shape index (κ1) is 23.3. The molecule has 0 aliphatic carbocycles. The smallest absolute Gasteiger partial charge is 0.258 e. The Balaban J connectivity index is 1.51. The summed E-state index contributed by atoms with van der Waals surface area (Å²) in [6.45, 7) is 0. The maximum atomic E-state index is 11.8. The number of nitro benzene ring substituents is 1. The van der Waals surface area contributed by atoms with E-state index in [4.69, 9.17) is 23.2 Å². The molecule has 1 heterocycles. The number of rotatable bonds is 6. The summed E-state index contributed by atoms with van der Waals surface area (Å²) in [5, 5.41) is 28.8. The molecule has 0 radical (unpaired) electrons. The van der Waals surface area contributed by atoms with E-state index in [-0.39, 0.29) is 16.4 Å². The molecule has 0 unspecified atom stereocenters. The minimum atomic E-state index is -0.492. The van der Waals surface area contributed by atoms with Gasteiger partial charge in [-0.1, -0.05) is 41.4 Å². The Bertz CT molecular complexity index is 1460. The maximum absolute atomic E-state index is 11.8. The molecule has 1 aliphatic heterocycles. The van der Waals surface area contributed by atoms with Gasteiger partial charge in [-0.05, 0) is 72.8 Å². The zero-order valence-corrected chi connectivity index (χ0v) is 20.0. The summed E-state index contributed by atoms with van der Waals surface area (Å²) in [6.07, 6.45) is 0. The van der Waals surface area contributed by atoms with Crippen LogP contribution in [-0.4, -0.2) is 10.8 Å². The summed E-state index contributed by atoms with van der Waals surface area (Å²) in [5.74, 6) is 0.476. The molecule has 0 saturated carbocycles. The topological polar surface area (TPSA) is 98.7 Å². The van der Waals surface area contributed by atoms with Crippen molar-refractivity contribution in [3.63, 3.8) is 0 Å². The second kappa shape index (κ2) is 10.0. The number of nitrogens with zero attached hydrogens (tertiary/aromatic N) is 6. The summed E-state index contributed by atoms with van der Waals surface area (Å²) in [4.78, 5) is 11.3. The van der Waals surface area contributed by atoms with E-state index in [1.54, 1.807) is 60.7 Å². The lowest BCUT2D eigenvalue weighted by molar-refractivity contribution is -0.384. The van der Waals surface area contributed by atoms with Crippen molar-refractivity contribution >= 4 is 57.5 Å². The fraction of sp³-hybridized carbons (Fsp3) is 0. The van der Waals surface area contributed by atoms with Crippen molar-refractivity contribution in [2.45, 2.75) is 0 Å². The van der Waals surface area contributed by atoms with Crippen molar-refractivity contribution < 1.29 is 4.92 Å². The first-order chi connectivity index (χ1) is 17.5. The number of azo groups is 1. The minimum absolute atomic E-state index is 0.180. The summed E-state index contributed by atoms with van der Waals surface area (Å²) >= 11 is 12.1. The van der Waals surface area contributed by atoms with E-state index >= 15 is 0 Å². The zero-order valence-electron chi connectivity index (χ0n) is 18.5. The number of hydrogen-bond donors (Lipinski definition) is 1. The third kappa shape index (κ3) is 4.97. The van der Waals surface area contributed by atoms with Crippen LogP contribution in [0.3, 0.4) is 0 Å². The average Bonchev–Trinajstić information content (AvgIpc) is 3.34. The number of hydrazone groups is 1. The van der Waals surface area contributed by atoms with E-state index in [0.29, 0.717) is 22.2 Å². The largest absolute Gasteiger partial charge is 0.298 e. The molecular weight excluding hydrogens is 501 g/mol. The third-order valence-corrected chi connectivity index (χ3v) is 5.68. The first-order valence-electron chi connectivity index (χ1n) is 10.7. The molecule has 0 atom stereocenters. The molecule has 178 valence electrons. The minimum Gasteiger partial charge on any atom is -0.258 e. The number of benzene rings is 4. The lowest BCUT2D eigenvalue weighted by Gasteiger charge is -2.27. The van der Waals surface area contributed by atoms with Crippen LogP contribution in [0.25, 0.3) is 0 Å². The van der Waals surface area contributed by atoms with Crippen LogP contribution < -0.4 is 15.7 Å². The molecule has 1 aliphatic rings. The van der Waals surface area contributed by atoms with Gasteiger partial charge in [0.1, 0.15) is 0 Å². The Morgan fingerprint density at radius 2 is 1.44 bits per heavy atom. The molecule has 0 spiro atoms. The van der Waals surface area contributed by atoms with Crippen LogP contribution in [-0.2, 0) is 0 Å². The van der Waals surface area contributed by atoms with Crippen molar-refractivity contribution in [1.29, 1.82) is 0 Å². The molecule has 36 heavy (non-hydrogen) atoms. The van der Waals surface area contributed by atoms with Crippen LogP contribution in [0.1, 0.15) is 5.56 Å². The van der Waals surface area contributed by atoms with Crippen LogP contribution in [0.15, 0.2) is 112 Å². The van der Waals surface area contributed by atoms with Crippen molar-refractivity contribution in [3.8, 4) is 0 Å². The van der Waals surface area contributed by atoms with Gasteiger partial charge >= 0.3 is 0 Å². The second-order valence-corrected chi connectivity index (χ2v) is 8.48. The summed E-state index contributed by atoms with van der Waals surface area (Å²) in [6, 6.07) is 28.1. The summed E-state index contributed by atoms with van der Waals surface area (Å²) in [7, 11) is 0. The molecule has 0 bridgehead atoms. The molecule has 5 rings (SSSR count). The van der Waals surface area contributed by atoms with Crippen molar-refractivity contribution in [1.82, 2.24) is 5.43 Å². The average molecular weight is 518 g/mol. The number of hydrazine groups is 2. The fourth-order valence-electron chi connectivity index (χ4n) is 3.46. The van der Waals surface area contributed by atoms with E-state index in [1.165, 1.54) is 16.3 Å². The Hall–Kier alpha value is -4.47. The normalized spacial score (nSPS) is 13.1. The van der Waals surface area contributed by atoms with Crippen LogP contribution in [0.4, 0.5) is 28.4 Å². The highest BCUT2D eigenvalue weighted by atomic mass is 35.5. The Morgan fingerprint density at radius 3 is 2.11 bits per heavy atom. The van der Waals surface area contributed by atoms with Gasteiger partial charge in [-0.15, -0.1) is 5.10 Å². The Morgan fingerprint density at radius 1 is 0.806 bits per heavy atom. The van der Waals surface area contributed by atoms with Gasteiger partial charge in [-0.2, -0.15) is 20.5 Å². The van der Waals surface area contributed by atoms with Gasteiger partial charge in [-0.25, -0.2) is 0 Å². The van der Waals surface area contributed by atoms with Crippen molar-refractivity contribution in [2.24, 2.45) is 15.3 Å². The molecule has 0 saturated heterocycles. The molecule has 11 heteroatoms. The van der Waals surface area contributed by atoms with Gasteiger partial charge in [0.2, 0.25) is 0 Å². The maximum Gasteiger partial charge on any atom is 0.298 e. The number of halogens is 2. The fourth-order valence-corrected chi connectivity index (χ4v) is 3.75. The summed E-state index contributed by atoms with van der Waals surface area (Å²) < 4.78 is 0. The Kier molecular flexibility index (Phi) is 6.48. The molecule has 4 aromatic carbocycles. The van der Waals surface area contributed by atoms with Crippen molar-refractivity contribution in [3.05, 3.63) is 123 Å². The van der Waals surface area contributed by atoms with E-state index in [0.717, 1.165) is 11.3 Å². The lowest BCUT2D eigenvalue weighted by Crippen LogP contribution is -2.45. The van der Waals surface area contributed by atoms with Crippen LogP contribution >= 0.6 is 23.2 Å². The molecular formula is C25H17Cl2N7O2. The third-order valence-electron chi connectivity index (χ3n) is 5.19. The van der Waals surface area contributed by atoms with Gasteiger partial charge in [0.05, 0.1) is 22.0 Å². The predicted molar refractivity (Wildman–Crippen MR) is 141 cm³/mol.